The van der Waals surface area contributed by atoms with Gasteiger partial charge in [-0.1, -0.05) is 23.7 Å². The van der Waals surface area contributed by atoms with Crippen molar-refractivity contribution < 1.29 is 24.2 Å². The third-order valence-electron chi connectivity index (χ3n) is 4.70. The molecule has 0 aliphatic heterocycles. The van der Waals surface area contributed by atoms with Crippen molar-refractivity contribution >= 4 is 62.5 Å². The van der Waals surface area contributed by atoms with Crippen LogP contribution in [0, 0.1) is 20.2 Å². The van der Waals surface area contributed by atoms with Crippen molar-refractivity contribution in [2.75, 3.05) is 12.4 Å². The second kappa shape index (κ2) is 11.4. The molecule has 3 aromatic rings. The van der Waals surface area contributed by atoms with E-state index < -0.39 is 27.3 Å². The fraction of sp³-hybridized carbons (Fsp3) is 0.0435. The molecule has 36 heavy (non-hydrogen) atoms. The number of hydrogen-bond donors (Lipinski definition) is 2. The number of nitro groups is 2. The lowest BCUT2D eigenvalue weighted by molar-refractivity contribution is -0.385. The molecule has 0 saturated carbocycles. The first-order chi connectivity index (χ1) is 17.1. The van der Waals surface area contributed by atoms with Gasteiger partial charge in [-0.2, -0.15) is 0 Å². The van der Waals surface area contributed by atoms with Crippen LogP contribution in [0.1, 0.15) is 15.9 Å². The zero-order valence-corrected chi connectivity index (χ0v) is 20.7. The highest BCUT2D eigenvalue weighted by molar-refractivity contribution is 9.10. The molecule has 2 N–H and O–H groups in total. The summed E-state index contributed by atoms with van der Waals surface area (Å²) < 4.78 is 5.64. The Bertz CT molecular complexity index is 1410. The predicted octanol–water partition coefficient (Wildman–Crippen LogP) is 5.34. The van der Waals surface area contributed by atoms with Crippen LogP contribution in [0.4, 0.5) is 17.1 Å². The highest BCUT2D eigenvalue weighted by Gasteiger charge is 2.19. The molecule has 0 fully saturated rings. The van der Waals surface area contributed by atoms with Gasteiger partial charge < -0.3 is 15.4 Å². The van der Waals surface area contributed by atoms with Crippen molar-refractivity contribution in [3.8, 4) is 5.75 Å². The first-order valence-corrected chi connectivity index (χ1v) is 11.1. The lowest BCUT2D eigenvalue weighted by Gasteiger charge is -2.12. The van der Waals surface area contributed by atoms with Gasteiger partial charge in [-0.3, -0.25) is 29.8 Å². The van der Waals surface area contributed by atoms with Crippen LogP contribution in [0.3, 0.4) is 0 Å². The summed E-state index contributed by atoms with van der Waals surface area (Å²) in [7, 11) is 1.46. The quantitative estimate of drug-likeness (QED) is 0.209. The van der Waals surface area contributed by atoms with Crippen LogP contribution >= 0.6 is 27.5 Å². The van der Waals surface area contributed by atoms with Gasteiger partial charge in [-0.15, -0.1) is 0 Å². The number of non-ortho nitro benzene ring substituents is 1. The lowest BCUT2D eigenvalue weighted by Crippen LogP contribution is -2.30. The summed E-state index contributed by atoms with van der Waals surface area (Å²) in [6, 6.07) is 13.6. The minimum Gasteiger partial charge on any atom is -0.496 e. The Balaban J connectivity index is 1.97. The maximum atomic E-state index is 13.1. The molecule has 0 aromatic heterocycles. The Morgan fingerprint density at radius 3 is 2.42 bits per heavy atom. The molecule has 0 aliphatic carbocycles. The van der Waals surface area contributed by atoms with Crippen molar-refractivity contribution in [1.82, 2.24) is 5.32 Å². The Kier molecular flexibility index (Phi) is 8.35. The summed E-state index contributed by atoms with van der Waals surface area (Å²) in [5, 5.41) is 27.1. The van der Waals surface area contributed by atoms with E-state index in [1.54, 1.807) is 6.07 Å². The minimum absolute atomic E-state index is 0.0440. The van der Waals surface area contributed by atoms with E-state index in [2.05, 4.69) is 26.6 Å². The molecule has 3 rings (SSSR count). The number of ether oxygens (including phenoxy) is 1. The van der Waals surface area contributed by atoms with Gasteiger partial charge in [-0.25, -0.2) is 0 Å². The second-order valence-corrected chi connectivity index (χ2v) is 8.35. The molecule has 11 nitrogen and oxygen atoms in total. The number of nitrogens with zero attached hydrogens (tertiary/aromatic N) is 2. The summed E-state index contributed by atoms with van der Waals surface area (Å²) in [6.45, 7) is 0. The standard InChI is InChI=1S/C23H16BrClN4O7/c1-36-21-8-5-14(11-17(21)24)22(30)27-19(10-13-3-2-4-16(9-13)28(32)33)23(31)26-15-6-7-18(25)20(12-15)29(34)35/h2-12H,1H3,(H,26,31)(H,27,30)/b19-10-. The van der Waals surface area contributed by atoms with Crippen molar-refractivity contribution in [2.45, 2.75) is 0 Å². The number of hydrogen-bond acceptors (Lipinski definition) is 7. The molecule has 13 heteroatoms. The smallest absolute Gasteiger partial charge is 0.289 e. The summed E-state index contributed by atoms with van der Waals surface area (Å²) in [6.07, 6.45) is 1.24. The number of halogens is 2. The van der Waals surface area contributed by atoms with Crippen LogP contribution in [0.15, 0.2) is 70.8 Å². The number of carbonyl (C=O) groups excluding carboxylic acids is 2. The fourth-order valence-electron chi connectivity index (χ4n) is 2.98. The van der Waals surface area contributed by atoms with Crippen LogP contribution in [0.5, 0.6) is 5.75 Å². The van der Waals surface area contributed by atoms with Gasteiger partial charge in [0.2, 0.25) is 0 Å². The minimum atomic E-state index is -0.834. The van der Waals surface area contributed by atoms with Gasteiger partial charge >= 0.3 is 0 Å². The molecule has 0 bridgehead atoms. The molecule has 0 unspecified atom stereocenters. The van der Waals surface area contributed by atoms with Crippen LogP contribution in [-0.2, 0) is 4.79 Å². The van der Waals surface area contributed by atoms with E-state index in [0.717, 1.165) is 6.07 Å². The van der Waals surface area contributed by atoms with E-state index >= 15 is 0 Å². The Hall–Kier alpha value is -4.29. The number of carbonyl (C=O) groups is 2. The van der Waals surface area contributed by atoms with E-state index in [9.17, 15) is 29.8 Å². The Morgan fingerprint density at radius 1 is 1.03 bits per heavy atom. The maximum absolute atomic E-state index is 13.1. The zero-order valence-electron chi connectivity index (χ0n) is 18.4. The molecule has 0 aliphatic rings. The average Bonchev–Trinajstić information content (AvgIpc) is 2.84. The Morgan fingerprint density at radius 2 is 1.78 bits per heavy atom. The van der Waals surface area contributed by atoms with Gasteiger partial charge in [0.05, 0.1) is 21.4 Å². The summed E-state index contributed by atoms with van der Waals surface area (Å²) in [5.41, 5.74) is -0.434. The van der Waals surface area contributed by atoms with Crippen molar-refractivity contribution in [3.63, 3.8) is 0 Å². The van der Waals surface area contributed by atoms with Crippen molar-refractivity contribution in [1.29, 1.82) is 0 Å². The monoisotopic (exact) mass is 574 g/mol. The van der Waals surface area contributed by atoms with Crippen molar-refractivity contribution in [2.24, 2.45) is 0 Å². The first kappa shape index (κ1) is 26.3. The van der Waals surface area contributed by atoms with Gasteiger partial charge in [0, 0.05) is 29.4 Å². The van der Waals surface area contributed by atoms with Gasteiger partial charge in [0.1, 0.15) is 16.5 Å². The zero-order chi connectivity index (χ0) is 26.4. The number of amides is 2. The topological polar surface area (TPSA) is 154 Å². The predicted molar refractivity (Wildman–Crippen MR) is 136 cm³/mol. The number of anilines is 1. The molecule has 2 amide bonds. The van der Waals surface area contributed by atoms with E-state index in [0.29, 0.717) is 10.2 Å². The van der Waals surface area contributed by atoms with E-state index in [4.69, 9.17) is 16.3 Å². The van der Waals surface area contributed by atoms with Gasteiger partial charge in [0.15, 0.2) is 0 Å². The largest absolute Gasteiger partial charge is 0.496 e. The van der Waals surface area contributed by atoms with Gasteiger partial charge in [0.25, 0.3) is 23.2 Å². The molecule has 0 radical (unpaired) electrons. The highest BCUT2D eigenvalue weighted by Crippen LogP contribution is 2.28. The van der Waals surface area contributed by atoms with E-state index in [1.807, 2.05) is 0 Å². The third kappa shape index (κ3) is 6.43. The lowest BCUT2D eigenvalue weighted by atomic mass is 10.1. The van der Waals surface area contributed by atoms with Gasteiger partial charge in [-0.05, 0) is 57.9 Å². The molecule has 184 valence electrons. The number of nitrogens with one attached hydrogen (secondary N) is 2. The molecule has 0 heterocycles. The average molecular weight is 576 g/mol. The molecule has 3 aromatic carbocycles. The highest BCUT2D eigenvalue weighted by atomic mass is 79.9. The molecule has 0 atom stereocenters. The molecule has 0 spiro atoms. The summed E-state index contributed by atoms with van der Waals surface area (Å²) in [5.74, 6) is -1.01. The SMILES string of the molecule is COc1ccc(C(=O)N/C(=C\c2cccc([N+](=O)[O-])c2)C(=O)Nc2ccc(Cl)c([N+](=O)[O-])c2)cc1Br. The van der Waals surface area contributed by atoms with Crippen LogP contribution in [-0.4, -0.2) is 28.8 Å². The van der Waals surface area contributed by atoms with Crippen LogP contribution in [0.25, 0.3) is 6.08 Å². The fourth-order valence-corrected chi connectivity index (χ4v) is 3.71. The number of rotatable bonds is 8. The van der Waals surface area contributed by atoms with E-state index in [1.165, 1.54) is 61.7 Å². The molecule has 0 saturated heterocycles. The summed E-state index contributed by atoms with van der Waals surface area (Å²) >= 11 is 9.10. The van der Waals surface area contributed by atoms with Crippen LogP contribution < -0.4 is 15.4 Å². The number of nitro benzene ring substituents is 2. The molecular formula is C23H16BrClN4O7. The third-order valence-corrected chi connectivity index (χ3v) is 5.64. The van der Waals surface area contributed by atoms with Crippen molar-refractivity contribution in [3.05, 3.63) is 107 Å². The van der Waals surface area contributed by atoms with E-state index in [-0.39, 0.29) is 33.2 Å². The molecular weight excluding hydrogens is 560 g/mol. The summed E-state index contributed by atoms with van der Waals surface area (Å²) in [4.78, 5) is 47.0. The maximum Gasteiger partial charge on any atom is 0.289 e. The second-order valence-electron chi connectivity index (χ2n) is 7.09. The normalized spacial score (nSPS) is 10.9. The Labute approximate surface area is 217 Å². The van der Waals surface area contributed by atoms with Crippen LogP contribution in [0.2, 0.25) is 5.02 Å². The first-order valence-electron chi connectivity index (χ1n) is 9.95. The number of benzene rings is 3. The number of methoxy groups -OCH3 is 1.